The molecule has 0 aliphatic carbocycles. The summed E-state index contributed by atoms with van der Waals surface area (Å²) in [6.07, 6.45) is 0. The maximum atomic E-state index is 8.63. The van der Waals surface area contributed by atoms with Crippen molar-refractivity contribution in [2.75, 3.05) is 6.61 Å². The van der Waals surface area contributed by atoms with E-state index in [0.717, 1.165) is 0 Å². The average Bonchev–Trinajstić information content (AvgIpc) is 2.18. The van der Waals surface area contributed by atoms with Gasteiger partial charge >= 0.3 is 0 Å². The van der Waals surface area contributed by atoms with Gasteiger partial charge in [0.15, 0.2) is 0 Å². The molecule has 0 aliphatic rings. The van der Waals surface area contributed by atoms with Crippen molar-refractivity contribution in [1.29, 1.82) is 5.26 Å². The predicted octanol–water partition coefficient (Wildman–Crippen LogP) is 2.61. The van der Waals surface area contributed by atoms with Crippen LogP contribution in [-0.2, 0) is 0 Å². The topological polar surface area (TPSA) is 33.0 Å². The van der Waals surface area contributed by atoms with E-state index in [1.807, 2.05) is 6.07 Å². The Hall–Kier alpha value is -1.64. The standard InChI is InChI=1S/C11H8ClNO/c1-2-3-6-14-10-5-4-9(8-13)11(12)7-10/h4-5,7H,6H2,1H3. The van der Waals surface area contributed by atoms with Crippen LogP contribution in [0.5, 0.6) is 5.75 Å². The van der Waals surface area contributed by atoms with Gasteiger partial charge in [-0.1, -0.05) is 17.5 Å². The van der Waals surface area contributed by atoms with Crippen LogP contribution in [-0.4, -0.2) is 6.61 Å². The van der Waals surface area contributed by atoms with E-state index in [9.17, 15) is 0 Å². The van der Waals surface area contributed by atoms with Crippen LogP contribution in [0.15, 0.2) is 18.2 Å². The van der Waals surface area contributed by atoms with E-state index in [2.05, 4.69) is 11.8 Å². The number of hydrogen-bond donors (Lipinski definition) is 0. The largest absolute Gasteiger partial charge is 0.481 e. The van der Waals surface area contributed by atoms with Crippen molar-refractivity contribution >= 4 is 11.6 Å². The van der Waals surface area contributed by atoms with Crippen molar-refractivity contribution < 1.29 is 4.74 Å². The molecule has 14 heavy (non-hydrogen) atoms. The van der Waals surface area contributed by atoms with E-state index >= 15 is 0 Å². The molecule has 1 rings (SSSR count). The third kappa shape index (κ3) is 2.69. The molecule has 1 aromatic rings. The Morgan fingerprint density at radius 3 is 2.86 bits per heavy atom. The molecule has 3 heteroatoms. The van der Waals surface area contributed by atoms with E-state index < -0.39 is 0 Å². The summed E-state index contributed by atoms with van der Waals surface area (Å²) in [4.78, 5) is 0. The first-order valence-corrected chi connectivity index (χ1v) is 4.37. The lowest BCUT2D eigenvalue weighted by molar-refractivity contribution is 0.370. The zero-order valence-electron chi connectivity index (χ0n) is 7.67. The van der Waals surface area contributed by atoms with E-state index in [1.54, 1.807) is 25.1 Å². The van der Waals surface area contributed by atoms with E-state index in [4.69, 9.17) is 21.6 Å². The molecule has 0 saturated heterocycles. The number of nitriles is 1. The molecule has 1 aromatic carbocycles. The maximum absolute atomic E-state index is 8.63. The summed E-state index contributed by atoms with van der Waals surface area (Å²) < 4.78 is 5.26. The highest BCUT2D eigenvalue weighted by Crippen LogP contribution is 2.21. The normalized spacial score (nSPS) is 8.36. The lowest BCUT2D eigenvalue weighted by atomic mass is 10.2. The van der Waals surface area contributed by atoms with Crippen molar-refractivity contribution in [2.45, 2.75) is 6.92 Å². The minimum Gasteiger partial charge on any atom is -0.481 e. The van der Waals surface area contributed by atoms with Gasteiger partial charge in [-0.3, -0.25) is 0 Å². The molecule has 0 saturated carbocycles. The van der Waals surface area contributed by atoms with E-state index in [-0.39, 0.29) is 0 Å². The van der Waals surface area contributed by atoms with Crippen molar-refractivity contribution in [3.63, 3.8) is 0 Å². The molecule has 2 nitrogen and oxygen atoms in total. The molecule has 0 aromatic heterocycles. The molecule has 0 amide bonds. The van der Waals surface area contributed by atoms with E-state index in [0.29, 0.717) is 22.9 Å². The first-order chi connectivity index (χ1) is 6.77. The van der Waals surface area contributed by atoms with E-state index in [1.165, 1.54) is 0 Å². The molecule has 0 spiro atoms. The van der Waals surface area contributed by atoms with Gasteiger partial charge in [0.25, 0.3) is 0 Å². The highest BCUT2D eigenvalue weighted by molar-refractivity contribution is 6.31. The Kier molecular flexibility index (Phi) is 3.85. The van der Waals surface area contributed by atoms with Gasteiger partial charge in [-0.15, -0.1) is 5.92 Å². The summed E-state index contributed by atoms with van der Waals surface area (Å²) in [5, 5.41) is 9.02. The number of ether oxygens (including phenoxy) is 1. The Balaban J connectivity index is 2.75. The number of rotatable bonds is 2. The van der Waals surface area contributed by atoms with Crippen LogP contribution < -0.4 is 4.74 Å². The van der Waals surface area contributed by atoms with Gasteiger partial charge in [0.2, 0.25) is 0 Å². The molecule has 70 valence electrons. The van der Waals surface area contributed by atoms with Gasteiger partial charge in [-0.25, -0.2) is 0 Å². The summed E-state index contributed by atoms with van der Waals surface area (Å²) in [6.45, 7) is 2.08. The average molecular weight is 206 g/mol. The lowest BCUT2D eigenvalue weighted by Gasteiger charge is -2.02. The van der Waals surface area contributed by atoms with Crippen LogP contribution in [0.1, 0.15) is 12.5 Å². The highest BCUT2D eigenvalue weighted by atomic mass is 35.5. The molecular formula is C11H8ClNO. The van der Waals surface area contributed by atoms with Crippen LogP contribution in [0.4, 0.5) is 0 Å². The second kappa shape index (κ2) is 5.17. The monoisotopic (exact) mass is 205 g/mol. The third-order valence-corrected chi connectivity index (χ3v) is 1.86. The zero-order chi connectivity index (χ0) is 10.4. The van der Waals surface area contributed by atoms with Crippen molar-refractivity contribution in [2.24, 2.45) is 0 Å². The second-order valence-electron chi connectivity index (χ2n) is 2.47. The number of halogens is 1. The SMILES string of the molecule is CC#CCOc1ccc(C#N)c(Cl)c1. The van der Waals surface area contributed by atoms with Crippen molar-refractivity contribution in [1.82, 2.24) is 0 Å². The van der Waals surface area contributed by atoms with Crippen LogP contribution in [0, 0.1) is 23.2 Å². The van der Waals surface area contributed by atoms with Gasteiger partial charge in [0, 0.05) is 6.07 Å². The van der Waals surface area contributed by atoms with Gasteiger partial charge in [-0.05, 0) is 19.1 Å². The minimum absolute atomic E-state index is 0.332. The molecule has 0 atom stereocenters. The smallest absolute Gasteiger partial charge is 0.149 e. The fraction of sp³-hybridized carbons (Fsp3) is 0.182. The van der Waals surface area contributed by atoms with Gasteiger partial charge < -0.3 is 4.74 Å². The quantitative estimate of drug-likeness (QED) is 0.696. The highest BCUT2D eigenvalue weighted by Gasteiger charge is 2.00. The second-order valence-corrected chi connectivity index (χ2v) is 2.88. The van der Waals surface area contributed by atoms with Gasteiger partial charge in [-0.2, -0.15) is 5.26 Å². The summed E-state index contributed by atoms with van der Waals surface area (Å²) in [7, 11) is 0. The van der Waals surface area contributed by atoms with Crippen molar-refractivity contribution in [3.8, 4) is 23.7 Å². The number of benzene rings is 1. The first-order valence-electron chi connectivity index (χ1n) is 4.00. The molecule has 0 aliphatic heterocycles. The van der Waals surface area contributed by atoms with Crippen LogP contribution in [0.3, 0.4) is 0 Å². The summed E-state index contributed by atoms with van der Waals surface area (Å²) >= 11 is 5.80. The summed E-state index contributed by atoms with van der Waals surface area (Å²) in [6, 6.07) is 6.90. The molecule has 0 unspecified atom stereocenters. The van der Waals surface area contributed by atoms with Crippen LogP contribution in [0.25, 0.3) is 0 Å². The molecule has 0 N–H and O–H groups in total. The molecule has 0 heterocycles. The fourth-order valence-electron chi connectivity index (χ4n) is 0.868. The van der Waals surface area contributed by atoms with Gasteiger partial charge in [0.05, 0.1) is 10.6 Å². The van der Waals surface area contributed by atoms with Crippen LogP contribution in [0.2, 0.25) is 5.02 Å². The lowest BCUT2D eigenvalue weighted by Crippen LogP contribution is -1.93. The molecule has 0 fully saturated rings. The summed E-state index contributed by atoms with van der Waals surface area (Å²) in [5.41, 5.74) is 0.445. The van der Waals surface area contributed by atoms with Crippen molar-refractivity contribution in [3.05, 3.63) is 28.8 Å². The van der Waals surface area contributed by atoms with Crippen LogP contribution >= 0.6 is 11.6 Å². The third-order valence-electron chi connectivity index (χ3n) is 1.55. The first kappa shape index (κ1) is 10.4. The Labute approximate surface area is 88.1 Å². The fourth-order valence-corrected chi connectivity index (χ4v) is 1.08. The molecule has 0 radical (unpaired) electrons. The Bertz CT molecular complexity index is 423. The molecular weight excluding hydrogens is 198 g/mol. The predicted molar refractivity (Wildman–Crippen MR) is 55.1 cm³/mol. The summed E-state index contributed by atoms with van der Waals surface area (Å²) in [5.74, 6) is 6.10. The number of nitrogens with zero attached hydrogens (tertiary/aromatic N) is 1. The maximum Gasteiger partial charge on any atom is 0.149 e. The van der Waals surface area contributed by atoms with Gasteiger partial charge in [0.1, 0.15) is 18.4 Å². The molecule has 0 bridgehead atoms. The zero-order valence-corrected chi connectivity index (χ0v) is 8.43. The minimum atomic E-state index is 0.332. The Morgan fingerprint density at radius 2 is 2.29 bits per heavy atom. The number of hydrogen-bond acceptors (Lipinski definition) is 2. The Morgan fingerprint density at radius 1 is 1.50 bits per heavy atom.